The molecule has 1 N–H and O–H groups in total. The Kier molecular flexibility index (Phi) is 5.34. The van der Waals surface area contributed by atoms with E-state index in [-0.39, 0.29) is 5.91 Å². The third kappa shape index (κ3) is 3.99. The fourth-order valence-electron chi connectivity index (χ4n) is 2.74. The van der Waals surface area contributed by atoms with Crippen molar-refractivity contribution in [3.63, 3.8) is 0 Å². The molecule has 25 heavy (non-hydrogen) atoms. The summed E-state index contributed by atoms with van der Waals surface area (Å²) in [7, 11) is 0. The van der Waals surface area contributed by atoms with E-state index in [2.05, 4.69) is 24.1 Å². The van der Waals surface area contributed by atoms with Crippen LogP contribution in [-0.4, -0.2) is 17.4 Å². The van der Waals surface area contributed by atoms with E-state index < -0.39 is 0 Å². The molecule has 0 unspecified atom stereocenters. The van der Waals surface area contributed by atoms with E-state index in [9.17, 15) is 4.79 Å². The lowest BCUT2D eigenvalue weighted by Gasteiger charge is -2.12. The van der Waals surface area contributed by atoms with E-state index in [0.29, 0.717) is 23.2 Å². The lowest BCUT2D eigenvalue weighted by molar-refractivity contribution is 0.0947. The lowest BCUT2D eigenvalue weighted by atomic mass is 10.0. The van der Waals surface area contributed by atoms with E-state index in [4.69, 9.17) is 11.6 Å². The molecule has 128 valence electrons. The molecule has 0 aliphatic heterocycles. The third-order valence-electron chi connectivity index (χ3n) is 4.11. The van der Waals surface area contributed by atoms with Gasteiger partial charge in [0.1, 0.15) is 5.69 Å². The summed E-state index contributed by atoms with van der Waals surface area (Å²) in [5, 5.41) is 5.53. The maximum Gasteiger partial charge on any atom is 0.269 e. The van der Waals surface area contributed by atoms with Gasteiger partial charge in [-0.25, -0.2) is 4.98 Å². The molecule has 0 bridgehead atoms. The largest absolute Gasteiger partial charge is 0.351 e. The van der Waals surface area contributed by atoms with Gasteiger partial charge in [-0.3, -0.25) is 4.79 Å². The van der Waals surface area contributed by atoms with Crippen LogP contribution < -0.4 is 5.32 Å². The molecule has 3 nitrogen and oxygen atoms in total. The molecule has 0 fully saturated rings. The van der Waals surface area contributed by atoms with Gasteiger partial charge >= 0.3 is 0 Å². The molecule has 0 saturated heterocycles. The first-order valence-electron chi connectivity index (χ1n) is 8.49. The molecule has 0 radical (unpaired) electrons. The van der Waals surface area contributed by atoms with Crippen molar-refractivity contribution in [2.45, 2.75) is 20.3 Å². The summed E-state index contributed by atoms with van der Waals surface area (Å²) in [4.78, 5) is 17.2. The maximum absolute atomic E-state index is 12.5. The molecule has 0 atom stereocenters. The van der Waals surface area contributed by atoms with Gasteiger partial charge in [0.05, 0.1) is 5.69 Å². The predicted molar refractivity (Wildman–Crippen MR) is 104 cm³/mol. The van der Waals surface area contributed by atoms with Crippen molar-refractivity contribution in [3.8, 4) is 11.3 Å². The van der Waals surface area contributed by atoms with Crippen molar-refractivity contribution in [2.75, 3.05) is 6.54 Å². The summed E-state index contributed by atoms with van der Waals surface area (Å²) in [5.74, 6) is 0.392. The highest BCUT2D eigenvalue weighted by Gasteiger charge is 2.14. The Hall–Kier alpha value is -2.39. The second kappa shape index (κ2) is 7.66. The van der Waals surface area contributed by atoms with Gasteiger partial charge in [0.15, 0.2) is 0 Å². The maximum atomic E-state index is 12.5. The Bertz CT molecular complexity index is 905. The monoisotopic (exact) mass is 352 g/mol. The van der Waals surface area contributed by atoms with Gasteiger partial charge in [-0.05, 0) is 29.9 Å². The van der Waals surface area contributed by atoms with Crippen molar-refractivity contribution < 1.29 is 4.79 Å². The average Bonchev–Trinajstić information content (AvgIpc) is 2.61. The van der Waals surface area contributed by atoms with Crippen LogP contribution in [0.15, 0.2) is 54.6 Å². The number of halogens is 1. The Morgan fingerprint density at radius 2 is 1.84 bits per heavy atom. The topological polar surface area (TPSA) is 42.0 Å². The number of nitrogens with zero attached hydrogens (tertiary/aromatic N) is 1. The molecular weight excluding hydrogens is 332 g/mol. The minimum Gasteiger partial charge on any atom is -0.351 e. The van der Waals surface area contributed by atoms with E-state index in [1.54, 1.807) is 0 Å². The number of pyridine rings is 1. The first-order chi connectivity index (χ1) is 12.1. The number of aromatic nitrogens is 1. The van der Waals surface area contributed by atoms with Gasteiger partial charge in [-0.2, -0.15) is 0 Å². The van der Waals surface area contributed by atoms with Crippen LogP contribution in [0, 0.1) is 5.92 Å². The quantitative estimate of drug-likeness (QED) is 0.674. The first kappa shape index (κ1) is 17.4. The van der Waals surface area contributed by atoms with Gasteiger partial charge in [-0.15, -0.1) is 0 Å². The van der Waals surface area contributed by atoms with E-state index >= 15 is 0 Å². The van der Waals surface area contributed by atoms with Gasteiger partial charge in [0, 0.05) is 22.5 Å². The summed E-state index contributed by atoms with van der Waals surface area (Å²) in [5.41, 5.74) is 1.98. The van der Waals surface area contributed by atoms with E-state index in [1.165, 1.54) is 0 Å². The number of amides is 1. The number of hydrogen-bond donors (Lipinski definition) is 1. The molecule has 1 aromatic heterocycles. The molecule has 0 aliphatic rings. The third-order valence-corrected chi connectivity index (χ3v) is 4.44. The van der Waals surface area contributed by atoms with Crippen molar-refractivity contribution in [3.05, 3.63) is 65.3 Å². The van der Waals surface area contributed by atoms with Crippen LogP contribution in [0.5, 0.6) is 0 Å². The highest BCUT2D eigenvalue weighted by Crippen LogP contribution is 2.32. The van der Waals surface area contributed by atoms with Gasteiger partial charge in [0.2, 0.25) is 0 Å². The zero-order valence-corrected chi connectivity index (χ0v) is 15.2. The van der Waals surface area contributed by atoms with Crippen molar-refractivity contribution in [1.29, 1.82) is 0 Å². The van der Waals surface area contributed by atoms with Crippen LogP contribution in [0.25, 0.3) is 22.0 Å². The zero-order valence-electron chi connectivity index (χ0n) is 14.4. The van der Waals surface area contributed by atoms with E-state index in [1.807, 2.05) is 54.6 Å². The van der Waals surface area contributed by atoms with Gasteiger partial charge in [-0.1, -0.05) is 67.9 Å². The van der Waals surface area contributed by atoms with Crippen LogP contribution in [0.3, 0.4) is 0 Å². The van der Waals surface area contributed by atoms with Crippen LogP contribution in [0.1, 0.15) is 30.8 Å². The fourth-order valence-corrected chi connectivity index (χ4v) is 2.96. The summed E-state index contributed by atoms with van der Waals surface area (Å²) < 4.78 is 0. The predicted octanol–water partition coefficient (Wildman–Crippen LogP) is 5.33. The molecule has 0 aliphatic carbocycles. The minimum absolute atomic E-state index is 0.153. The summed E-state index contributed by atoms with van der Waals surface area (Å²) >= 11 is 6.37. The highest BCUT2D eigenvalue weighted by atomic mass is 35.5. The van der Waals surface area contributed by atoms with Crippen LogP contribution in [-0.2, 0) is 0 Å². The molecule has 4 heteroatoms. The second-order valence-corrected chi connectivity index (χ2v) is 6.90. The zero-order chi connectivity index (χ0) is 17.8. The minimum atomic E-state index is -0.153. The molecule has 3 aromatic rings. The molecule has 1 amide bonds. The smallest absolute Gasteiger partial charge is 0.269 e. The molecule has 2 aromatic carbocycles. The van der Waals surface area contributed by atoms with Crippen molar-refractivity contribution in [1.82, 2.24) is 10.3 Å². The van der Waals surface area contributed by atoms with Crippen molar-refractivity contribution >= 4 is 28.3 Å². The normalized spacial score (nSPS) is 11.0. The highest BCUT2D eigenvalue weighted by molar-refractivity contribution is 6.33. The Morgan fingerprint density at radius 3 is 2.60 bits per heavy atom. The van der Waals surface area contributed by atoms with Gasteiger partial charge in [0.25, 0.3) is 5.91 Å². The SMILES string of the molecule is CC(C)CCNC(=O)c1cc2ccccc2c(-c2ccccc2Cl)n1. The Balaban J connectivity index is 2.04. The summed E-state index contributed by atoms with van der Waals surface area (Å²) in [6, 6.07) is 17.3. The number of nitrogens with one attached hydrogen (secondary N) is 1. The average molecular weight is 353 g/mol. The fraction of sp³-hybridized carbons (Fsp3) is 0.238. The Labute approximate surface area is 153 Å². The number of hydrogen-bond acceptors (Lipinski definition) is 2. The van der Waals surface area contributed by atoms with Crippen molar-refractivity contribution in [2.24, 2.45) is 5.92 Å². The first-order valence-corrected chi connectivity index (χ1v) is 8.87. The molecular formula is C21H21ClN2O. The van der Waals surface area contributed by atoms with Crippen LogP contribution >= 0.6 is 11.6 Å². The number of carbonyl (C=O) groups excluding carboxylic acids is 1. The van der Waals surface area contributed by atoms with Gasteiger partial charge < -0.3 is 5.32 Å². The number of rotatable bonds is 5. The molecule has 3 rings (SSSR count). The second-order valence-electron chi connectivity index (χ2n) is 6.50. The number of fused-ring (bicyclic) bond motifs is 1. The Morgan fingerprint density at radius 1 is 1.12 bits per heavy atom. The summed E-state index contributed by atoms with van der Waals surface area (Å²) in [6.45, 7) is 4.91. The number of benzene rings is 2. The molecule has 0 spiro atoms. The summed E-state index contributed by atoms with van der Waals surface area (Å²) in [6.07, 6.45) is 0.941. The standard InChI is InChI=1S/C21H21ClN2O/c1-14(2)11-12-23-21(25)19-13-15-7-3-4-8-16(15)20(24-19)17-9-5-6-10-18(17)22/h3-10,13-14H,11-12H2,1-2H3,(H,23,25). The lowest BCUT2D eigenvalue weighted by Crippen LogP contribution is -2.26. The number of carbonyl (C=O) groups is 1. The molecule has 1 heterocycles. The van der Waals surface area contributed by atoms with E-state index in [0.717, 1.165) is 28.5 Å². The molecule has 0 saturated carbocycles. The van der Waals surface area contributed by atoms with Crippen LogP contribution in [0.2, 0.25) is 5.02 Å². The van der Waals surface area contributed by atoms with Crippen LogP contribution in [0.4, 0.5) is 0 Å².